The Labute approximate surface area is 55.8 Å². The van der Waals surface area contributed by atoms with Crippen LogP contribution in [0.3, 0.4) is 0 Å². The summed E-state index contributed by atoms with van der Waals surface area (Å²) in [7, 11) is 4.83. The lowest BCUT2D eigenvalue weighted by Gasteiger charge is -1.89. The van der Waals surface area contributed by atoms with Crippen molar-refractivity contribution >= 4 is 20.5 Å². The molecule has 46 valence electrons. The van der Waals surface area contributed by atoms with E-state index in [2.05, 4.69) is 16.6 Å². The Kier molecular flexibility index (Phi) is 3.43. The van der Waals surface area contributed by atoms with E-state index in [0.29, 0.717) is 5.70 Å². The molecule has 0 spiro atoms. The highest BCUT2D eigenvalue weighted by molar-refractivity contribution is 6.14. The molecule has 0 heterocycles. The number of allylic oxidation sites excluding steroid dienone is 1. The second-order valence-corrected chi connectivity index (χ2v) is 1.50. The summed E-state index contributed by atoms with van der Waals surface area (Å²) in [5.74, 6) is 0.250. The number of hydrogen-bond donors (Lipinski definition) is 1. The number of hydrogen-bond acceptors (Lipinski definition) is 2. The topological polar surface area (TPSA) is 50.7 Å². The van der Waals surface area contributed by atoms with E-state index in [1.807, 2.05) is 0 Å². The summed E-state index contributed by atoms with van der Waals surface area (Å²) >= 11 is 0. The lowest BCUT2D eigenvalue weighted by atomic mass is 10.4. The minimum absolute atomic E-state index is 0.250. The molecular weight excluding hydrogens is 113 g/mol. The van der Waals surface area contributed by atoms with Crippen molar-refractivity contribution in [1.82, 2.24) is 0 Å². The molecule has 0 fully saturated rings. The van der Waals surface area contributed by atoms with Gasteiger partial charge >= 0.3 is 0 Å². The number of rotatable bonds is 2. The Balaban J connectivity index is 4.11. The van der Waals surface area contributed by atoms with E-state index in [9.17, 15) is 0 Å². The zero-order valence-corrected chi connectivity index (χ0v) is 5.33. The van der Waals surface area contributed by atoms with Gasteiger partial charge in [0, 0.05) is 5.70 Å². The molecule has 0 aliphatic rings. The van der Waals surface area contributed by atoms with E-state index in [4.69, 9.17) is 13.7 Å². The zero-order chi connectivity index (χ0) is 7.28. The van der Waals surface area contributed by atoms with E-state index >= 15 is 0 Å². The van der Waals surface area contributed by atoms with Crippen molar-refractivity contribution in [1.29, 1.82) is 0 Å². The fourth-order valence-electron chi connectivity index (χ4n) is 0.297. The van der Waals surface area contributed by atoms with Crippen LogP contribution in [0, 0.1) is 0 Å². The van der Waals surface area contributed by atoms with Crippen LogP contribution in [0.15, 0.2) is 21.7 Å². The lowest BCUT2D eigenvalue weighted by Crippen LogP contribution is -2.07. The number of aliphatic imine (C=N–C) groups is 1. The molecule has 0 atom stereocenters. The Morgan fingerprint density at radius 3 is 2.67 bits per heavy atom. The first kappa shape index (κ1) is 7.94. The van der Waals surface area contributed by atoms with Gasteiger partial charge in [-0.3, -0.25) is 4.99 Å². The predicted molar refractivity (Wildman–Crippen MR) is 40.7 cm³/mol. The minimum Gasteiger partial charge on any atom is -0.385 e. The van der Waals surface area contributed by atoms with Gasteiger partial charge in [0.1, 0.15) is 5.84 Å². The van der Waals surface area contributed by atoms with Crippen molar-refractivity contribution in [3.05, 3.63) is 11.8 Å². The smallest absolute Gasteiger partial charge is 0.262 e. The molecule has 3 nitrogen and oxygen atoms in total. The summed E-state index contributed by atoms with van der Waals surface area (Å²) in [6.07, 6.45) is 1.53. The maximum absolute atomic E-state index is 5.21. The molecule has 0 saturated heterocycles. The summed E-state index contributed by atoms with van der Waals surface area (Å²) < 4.78 is 0. The molecule has 2 N–H and O–H groups in total. The number of nitrogens with two attached hydrogens (primary N) is 1. The molecule has 0 aliphatic carbocycles. The van der Waals surface area contributed by atoms with Gasteiger partial charge in [-0.2, -0.15) is 0 Å². The zero-order valence-electron chi connectivity index (χ0n) is 5.33. The van der Waals surface area contributed by atoms with Crippen LogP contribution < -0.4 is 5.73 Å². The minimum atomic E-state index is 0.250. The average molecular weight is 121 g/mol. The summed E-state index contributed by atoms with van der Waals surface area (Å²) in [5.41, 5.74) is 5.91. The highest BCUT2D eigenvalue weighted by atomic mass is 14.8. The van der Waals surface area contributed by atoms with E-state index < -0.39 is 0 Å². The van der Waals surface area contributed by atoms with Crippen molar-refractivity contribution in [2.24, 2.45) is 15.6 Å². The van der Waals surface area contributed by atoms with E-state index in [1.54, 1.807) is 6.92 Å². The van der Waals surface area contributed by atoms with Crippen molar-refractivity contribution in [2.75, 3.05) is 0 Å². The normalized spacial score (nSPS) is 13.4. The molecule has 0 aliphatic heterocycles. The molecule has 0 saturated carbocycles. The first-order valence-corrected chi connectivity index (χ1v) is 2.39. The van der Waals surface area contributed by atoms with Gasteiger partial charge in [0.2, 0.25) is 0 Å². The van der Waals surface area contributed by atoms with Crippen molar-refractivity contribution < 1.29 is 0 Å². The maximum Gasteiger partial charge on any atom is 0.262 e. The molecule has 9 heavy (non-hydrogen) atoms. The average Bonchev–Trinajstić information content (AvgIpc) is 1.87. The van der Waals surface area contributed by atoms with Gasteiger partial charge in [-0.1, -0.05) is 0 Å². The molecule has 0 bridgehead atoms. The quantitative estimate of drug-likeness (QED) is 0.312. The number of amidine groups is 1. The largest absolute Gasteiger partial charge is 0.385 e. The summed E-state index contributed by atoms with van der Waals surface area (Å²) in [4.78, 5) is 6.78. The molecule has 2 radical (unpaired) electrons. The summed E-state index contributed by atoms with van der Waals surface area (Å²) in [6.45, 7) is 5.03. The Hall–Kier alpha value is -1.06. The molecule has 0 aromatic rings. The van der Waals surface area contributed by atoms with Crippen LogP contribution in [-0.4, -0.2) is 20.5 Å². The van der Waals surface area contributed by atoms with Crippen LogP contribution in [0.4, 0.5) is 0 Å². The highest BCUT2D eigenvalue weighted by Gasteiger charge is 1.82. The van der Waals surface area contributed by atoms with Crippen LogP contribution in [0.5, 0.6) is 0 Å². The van der Waals surface area contributed by atoms with Crippen LogP contribution in [0.1, 0.15) is 6.92 Å². The lowest BCUT2D eigenvalue weighted by molar-refractivity contribution is 1.33. The first-order valence-electron chi connectivity index (χ1n) is 2.39. The standard InChI is InChI=1S/C5H8BN3/c1-4(8-2)3-5(7)9-6/h3H,2H2,1H3,(H2,7,9)/b4-3-. The van der Waals surface area contributed by atoms with Gasteiger partial charge in [-0.25, -0.2) is 0 Å². The van der Waals surface area contributed by atoms with Crippen LogP contribution >= 0.6 is 0 Å². The third-order valence-electron chi connectivity index (χ3n) is 0.755. The summed E-state index contributed by atoms with van der Waals surface area (Å²) in [6, 6.07) is 0. The molecule has 0 unspecified atom stereocenters. The Morgan fingerprint density at radius 2 is 2.33 bits per heavy atom. The number of nitrogens with zero attached hydrogens (tertiary/aromatic N) is 2. The molecule has 0 aromatic heterocycles. The van der Waals surface area contributed by atoms with Gasteiger partial charge < -0.3 is 10.6 Å². The Bertz CT molecular complexity index is 160. The molecule has 0 amide bonds. The molecule has 4 heteroatoms. The summed E-state index contributed by atoms with van der Waals surface area (Å²) in [5, 5.41) is 0. The molecule has 0 rings (SSSR count). The monoisotopic (exact) mass is 121 g/mol. The van der Waals surface area contributed by atoms with Gasteiger partial charge in [0.05, 0.1) is 0 Å². The van der Waals surface area contributed by atoms with E-state index in [-0.39, 0.29) is 5.84 Å². The molecule has 0 aromatic carbocycles. The maximum atomic E-state index is 5.21. The second-order valence-electron chi connectivity index (χ2n) is 1.50. The van der Waals surface area contributed by atoms with Crippen molar-refractivity contribution in [3.8, 4) is 0 Å². The van der Waals surface area contributed by atoms with Gasteiger partial charge in [-0.05, 0) is 19.7 Å². The first-order chi connectivity index (χ1) is 4.20. The highest BCUT2D eigenvalue weighted by Crippen LogP contribution is 1.89. The van der Waals surface area contributed by atoms with Crippen LogP contribution in [0.2, 0.25) is 0 Å². The fourth-order valence-corrected chi connectivity index (χ4v) is 0.297. The van der Waals surface area contributed by atoms with Gasteiger partial charge in [0.15, 0.2) is 0 Å². The SMILES string of the molecule is [B]N=C(N)/C=C(/C)N=C. The van der Waals surface area contributed by atoms with E-state index in [1.165, 1.54) is 6.08 Å². The third kappa shape index (κ3) is 3.52. The third-order valence-corrected chi connectivity index (χ3v) is 0.755. The molecular formula is C5H8BN3. The van der Waals surface area contributed by atoms with Crippen LogP contribution in [-0.2, 0) is 0 Å². The second kappa shape index (κ2) is 3.89. The van der Waals surface area contributed by atoms with Gasteiger partial charge in [-0.15, -0.1) is 0 Å². The fraction of sp³-hybridized carbons (Fsp3) is 0.200. The van der Waals surface area contributed by atoms with Crippen molar-refractivity contribution in [2.45, 2.75) is 6.92 Å². The van der Waals surface area contributed by atoms with Gasteiger partial charge in [0.25, 0.3) is 7.98 Å². The van der Waals surface area contributed by atoms with E-state index in [0.717, 1.165) is 0 Å². The Morgan fingerprint density at radius 1 is 1.78 bits per heavy atom. The van der Waals surface area contributed by atoms with Crippen molar-refractivity contribution in [3.63, 3.8) is 0 Å². The predicted octanol–water partition coefficient (Wildman–Crippen LogP) is 0.0315. The van der Waals surface area contributed by atoms with Crippen LogP contribution in [0.25, 0.3) is 0 Å².